The molecule has 6 nitrogen and oxygen atoms in total. The summed E-state index contributed by atoms with van der Waals surface area (Å²) < 4.78 is 46.7. The Bertz CT molecular complexity index is 3260. The Labute approximate surface area is 360 Å². The fourth-order valence-corrected chi connectivity index (χ4v) is 8.12. The Hall–Kier alpha value is -8.66. The zero-order chi connectivity index (χ0) is 43.1. The first-order valence-corrected chi connectivity index (χ1v) is 20.0. The summed E-state index contributed by atoms with van der Waals surface area (Å²) in [6.45, 7) is 0. The van der Waals surface area contributed by atoms with Gasteiger partial charge in [-0.25, -0.2) is 15.0 Å². The number of alkyl halides is 3. The first-order chi connectivity index (χ1) is 30.7. The number of fused-ring (bicyclic) bond motifs is 3. The molecule has 0 fully saturated rings. The average molecular weight is 821 g/mol. The Balaban J connectivity index is 1.28. The number of aromatic nitrogens is 4. The van der Waals surface area contributed by atoms with E-state index in [0.717, 1.165) is 61.3 Å². The molecule has 0 amide bonds. The molecule has 0 bridgehead atoms. The van der Waals surface area contributed by atoms with E-state index in [1.807, 2.05) is 109 Å². The van der Waals surface area contributed by atoms with Crippen LogP contribution in [0.1, 0.15) is 16.7 Å². The third-order valence-corrected chi connectivity index (χ3v) is 11.2. The zero-order valence-electron chi connectivity index (χ0n) is 33.2. The van der Waals surface area contributed by atoms with Crippen molar-refractivity contribution in [3.05, 3.63) is 205 Å². The van der Waals surface area contributed by atoms with Gasteiger partial charge in [0, 0.05) is 33.2 Å². The number of nitriles is 2. The molecular weight excluding hydrogens is 790 g/mol. The summed E-state index contributed by atoms with van der Waals surface area (Å²) in [5.74, 6) is 0.945. The van der Waals surface area contributed by atoms with Gasteiger partial charge in [0.1, 0.15) is 0 Å². The lowest BCUT2D eigenvalue weighted by Crippen LogP contribution is -2.08. The summed E-state index contributed by atoms with van der Waals surface area (Å²) >= 11 is 0. The second kappa shape index (κ2) is 15.7. The van der Waals surface area contributed by atoms with Crippen LogP contribution in [0.2, 0.25) is 0 Å². The lowest BCUT2D eigenvalue weighted by atomic mass is 9.94. The quantitative estimate of drug-likeness (QED) is 0.160. The van der Waals surface area contributed by atoms with Crippen molar-refractivity contribution in [1.82, 2.24) is 19.5 Å². The first-order valence-electron chi connectivity index (χ1n) is 20.0. The van der Waals surface area contributed by atoms with Crippen LogP contribution >= 0.6 is 0 Å². The number of nitrogens with zero attached hydrogens (tertiary/aromatic N) is 6. The van der Waals surface area contributed by atoms with Gasteiger partial charge in [-0.3, -0.25) is 0 Å². The van der Waals surface area contributed by atoms with Gasteiger partial charge in [0.25, 0.3) is 0 Å². The minimum Gasteiger partial charge on any atom is -0.309 e. The number of benzene rings is 8. The highest BCUT2D eigenvalue weighted by Gasteiger charge is 2.34. The van der Waals surface area contributed by atoms with E-state index in [-0.39, 0.29) is 11.4 Å². The van der Waals surface area contributed by atoms with Crippen molar-refractivity contribution < 1.29 is 13.2 Å². The molecule has 0 saturated carbocycles. The molecule has 0 aliphatic rings. The molecule has 0 aliphatic heterocycles. The van der Waals surface area contributed by atoms with Gasteiger partial charge in [-0.2, -0.15) is 23.7 Å². The van der Waals surface area contributed by atoms with E-state index in [4.69, 9.17) is 15.0 Å². The van der Waals surface area contributed by atoms with E-state index in [0.29, 0.717) is 39.6 Å². The summed E-state index contributed by atoms with van der Waals surface area (Å²) in [4.78, 5) is 14.9. The molecule has 0 unspecified atom stereocenters. The Kier molecular flexibility index (Phi) is 9.63. The lowest BCUT2D eigenvalue weighted by Gasteiger charge is -2.18. The maximum Gasteiger partial charge on any atom is 0.417 e. The third kappa shape index (κ3) is 7.24. The Morgan fingerprint density at radius 2 is 0.857 bits per heavy atom. The van der Waals surface area contributed by atoms with E-state index < -0.39 is 11.7 Å². The Morgan fingerprint density at radius 1 is 0.397 bits per heavy atom. The third-order valence-electron chi connectivity index (χ3n) is 11.2. The second-order valence-corrected chi connectivity index (χ2v) is 15.0. The molecule has 9 heteroatoms. The van der Waals surface area contributed by atoms with Gasteiger partial charge in [-0.1, -0.05) is 133 Å². The predicted molar refractivity (Wildman–Crippen MR) is 241 cm³/mol. The fraction of sp³-hybridized carbons (Fsp3) is 0.0185. The number of rotatable bonds is 7. The molecule has 2 heterocycles. The summed E-state index contributed by atoms with van der Waals surface area (Å²) in [6.07, 6.45) is -4.65. The summed E-state index contributed by atoms with van der Waals surface area (Å²) in [5, 5.41) is 20.9. The maximum absolute atomic E-state index is 14.9. The van der Waals surface area contributed by atoms with E-state index in [2.05, 4.69) is 41.0 Å². The van der Waals surface area contributed by atoms with Crippen molar-refractivity contribution in [2.24, 2.45) is 0 Å². The maximum atomic E-state index is 14.9. The van der Waals surface area contributed by atoms with Crippen LogP contribution in [0.4, 0.5) is 13.2 Å². The van der Waals surface area contributed by atoms with Gasteiger partial charge < -0.3 is 4.57 Å². The van der Waals surface area contributed by atoms with Crippen molar-refractivity contribution in [2.75, 3.05) is 0 Å². The van der Waals surface area contributed by atoms with Gasteiger partial charge >= 0.3 is 6.18 Å². The van der Waals surface area contributed by atoms with Gasteiger partial charge in [-0.05, 0) is 88.0 Å². The molecular formula is C54H31F3N6. The normalized spacial score (nSPS) is 11.4. The number of halogens is 3. The fourth-order valence-electron chi connectivity index (χ4n) is 8.12. The summed E-state index contributed by atoms with van der Waals surface area (Å²) in [7, 11) is 0. The van der Waals surface area contributed by atoms with Gasteiger partial charge in [0.2, 0.25) is 0 Å². The minimum absolute atomic E-state index is 0.0112. The molecule has 10 aromatic rings. The molecule has 0 atom stereocenters. The molecule has 0 radical (unpaired) electrons. The van der Waals surface area contributed by atoms with Crippen LogP contribution in [0.15, 0.2) is 188 Å². The monoisotopic (exact) mass is 820 g/mol. The number of hydrogen-bond donors (Lipinski definition) is 0. The van der Waals surface area contributed by atoms with Crippen molar-refractivity contribution in [3.8, 4) is 85.4 Å². The standard InChI is InChI=1S/C54H31F3N6/c55-54(56,57)48-14-8-7-13-44(48)43-28-25-42(31-47(43)53-61-51(38-9-3-1-4-10-38)60-52(62-53)39-11-5-2-6-12-39)63-49-29-40(36-19-15-34(32-58)16-20-36)23-26-45(49)46-27-24-41(30-50(46)63)37-21-17-35(33-59)18-22-37/h1-31H. The van der Waals surface area contributed by atoms with Crippen LogP contribution in [0.5, 0.6) is 0 Å². The molecule has 0 aliphatic carbocycles. The van der Waals surface area contributed by atoms with Crippen molar-refractivity contribution >= 4 is 21.8 Å². The number of hydrogen-bond acceptors (Lipinski definition) is 5. The highest BCUT2D eigenvalue weighted by molar-refractivity contribution is 6.11. The average Bonchev–Trinajstić information content (AvgIpc) is 3.67. The van der Waals surface area contributed by atoms with Crippen molar-refractivity contribution in [3.63, 3.8) is 0 Å². The van der Waals surface area contributed by atoms with Crippen LogP contribution in [0.25, 0.3) is 95.0 Å². The predicted octanol–water partition coefficient (Wildman–Crippen LogP) is 13.7. The van der Waals surface area contributed by atoms with Gasteiger partial charge in [0.05, 0.1) is 39.9 Å². The largest absolute Gasteiger partial charge is 0.417 e. The second-order valence-electron chi connectivity index (χ2n) is 15.0. The molecule has 0 saturated heterocycles. The topological polar surface area (TPSA) is 91.2 Å². The molecule has 63 heavy (non-hydrogen) atoms. The lowest BCUT2D eigenvalue weighted by molar-refractivity contribution is -0.137. The molecule has 2 aromatic heterocycles. The molecule has 10 rings (SSSR count). The highest BCUT2D eigenvalue weighted by atomic mass is 19.4. The Morgan fingerprint density at radius 3 is 1.35 bits per heavy atom. The smallest absolute Gasteiger partial charge is 0.309 e. The molecule has 0 spiro atoms. The van der Waals surface area contributed by atoms with Crippen molar-refractivity contribution in [2.45, 2.75) is 6.18 Å². The highest BCUT2D eigenvalue weighted by Crippen LogP contribution is 2.43. The van der Waals surface area contributed by atoms with Crippen molar-refractivity contribution in [1.29, 1.82) is 10.5 Å². The first kappa shape index (κ1) is 38.5. The van der Waals surface area contributed by atoms with Gasteiger partial charge in [-0.15, -0.1) is 0 Å². The van der Waals surface area contributed by atoms with Crippen LogP contribution in [0.3, 0.4) is 0 Å². The van der Waals surface area contributed by atoms with E-state index in [1.165, 1.54) is 12.1 Å². The van der Waals surface area contributed by atoms with Gasteiger partial charge in [0.15, 0.2) is 17.5 Å². The zero-order valence-corrected chi connectivity index (χ0v) is 33.2. The van der Waals surface area contributed by atoms with Crippen LogP contribution in [-0.4, -0.2) is 19.5 Å². The van der Waals surface area contributed by atoms with E-state index >= 15 is 0 Å². The van der Waals surface area contributed by atoms with Crippen LogP contribution in [0, 0.1) is 22.7 Å². The van der Waals surface area contributed by atoms with E-state index in [9.17, 15) is 23.7 Å². The summed E-state index contributed by atoms with van der Waals surface area (Å²) in [5.41, 5.74) is 8.45. The summed E-state index contributed by atoms with van der Waals surface area (Å²) in [6, 6.07) is 61.4. The van der Waals surface area contributed by atoms with E-state index in [1.54, 1.807) is 36.4 Å². The molecule has 8 aromatic carbocycles. The van der Waals surface area contributed by atoms with Crippen LogP contribution in [-0.2, 0) is 6.18 Å². The molecule has 0 N–H and O–H groups in total. The van der Waals surface area contributed by atoms with Crippen LogP contribution < -0.4 is 0 Å². The molecule has 298 valence electrons. The SMILES string of the molecule is N#Cc1ccc(-c2ccc3c4ccc(-c5ccc(C#N)cc5)cc4n(-c4ccc(-c5ccccc5C(F)(F)F)c(-c5nc(-c6ccccc6)nc(-c6ccccc6)n5)c4)c3c2)cc1. The minimum atomic E-state index is -4.65.